The van der Waals surface area contributed by atoms with Gasteiger partial charge < -0.3 is 14.2 Å². The zero-order valence-corrected chi connectivity index (χ0v) is 20.4. The number of rotatable bonds is 2. The predicted octanol–water partition coefficient (Wildman–Crippen LogP) is 6.22. The van der Waals surface area contributed by atoms with Crippen molar-refractivity contribution in [2.24, 2.45) is 7.05 Å². The first-order chi connectivity index (χ1) is 15.6. The van der Waals surface area contributed by atoms with Crippen LogP contribution >= 0.6 is 11.3 Å². The first kappa shape index (κ1) is 21.9. The van der Waals surface area contributed by atoms with Gasteiger partial charge >= 0.3 is 6.09 Å². The lowest BCUT2D eigenvalue weighted by atomic mass is 9.90. The van der Waals surface area contributed by atoms with E-state index in [1.807, 2.05) is 42.5 Å². The second-order valence-electron chi connectivity index (χ2n) is 10.0. The molecule has 0 bridgehead atoms. The molecule has 3 aromatic heterocycles. The highest BCUT2D eigenvalue weighted by atomic mass is 32.1. The van der Waals surface area contributed by atoms with Crippen LogP contribution in [0.25, 0.3) is 26.7 Å². The maximum atomic E-state index is 14.5. The second kappa shape index (κ2) is 7.87. The Morgan fingerprint density at radius 1 is 1.18 bits per heavy atom. The van der Waals surface area contributed by atoms with Gasteiger partial charge in [0.2, 0.25) is 0 Å². The minimum Gasteiger partial charge on any atom is -0.444 e. The molecule has 0 spiro atoms. The summed E-state index contributed by atoms with van der Waals surface area (Å²) in [5.74, 6) is 0.111. The Labute approximate surface area is 196 Å². The summed E-state index contributed by atoms with van der Waals surface area (Å²) in [5.41, 5.74) is 0.700. The Hall–Kier alpha value is -2.87. The zero-order valence-electron chi connectivity index (χ0n) is 19.6. The molecule has 1 amide bonds. The van der Waals surface area contributed by atoms with Crippen molar-refractivity contribution in [3.63, 3.8) is 0 Å². The van der Waals surface area contributed by atoms with Gasteiger partial charge in [-0.05, 0) is 58.6 Å². The number of carbonyl (C=O) groups is 1. The number of amides is 1. The van der Waals surface area contributed by atoms with Gasteiger partial charge in [-0.15, -0.1) is 11.3 Å². The minimum absolute atomic E-state index is 0.134. The molecule has 2 atom stereocenters. The maximum Gasteiger partial charge on any atom is 0.410 e. The van der Waals surface area contributed by atoms with Gasteiger partial charge in [0.15, 0.2) is 5.82 Å². The number of aromatic nitrogens is 3. The molecule has 8 heteroatoms. The summed E-state index contributed by atoms with van der Waals surface area (Å²) in [6.45, 7) is 8.49. The maximum absolute atomic E-state index is 14.5. The second-order valence-corrected chi connectivity index (χ2v) is 11.2. The highest BCUT2D eigenvalue weighted by Gasteiger charge is 2.33. The Kier molecular flexibility index (Phi) is 5.23. The van der Waals surface area contributed by atoms with Gasteiger partial charge in [0.25, 0.3) is 0 Å². The molecule has 0 saturated carbocycles. The number of benzene rings is 1. The molecule has 0 radical (unpaired) electrons. The van der Waals surface area contributed by atoms with Crippen LogP contribution in [0, 0.1) is 5.82 Å². The third-order valence-electron chi connectivity index (χ3n) is 6.21. The van der Waals surface area contributed by atoms with E-state index in [1.165, 1.54) is 15.6 Å². The summed E-state index contributed by atoms with van der Waals surface area (Å²) >= 11 is 1.79. The Morgan fingerprint density at radius 2 is 1.97 bits per heavy atom. The predicted molar refractivity (Wildman–Crippen MR) is 130 cm³/mol. The Morgan fingerprint density at radius 3 is 2.67 bits per heavy atom. The number of halogens is 1. The normalized spacial score (nSPS) is 19.5. The van der Waals surface area contributed by atoms with Crippen LogP contribution in [0.1, 0.15) is 51.3 Å². The lowest BCUT2D eigenvalue weighted by Crippen LogP contribution is -2.46. The van der Waals surface area contributed by atoms with Crippen LogP contribution in [-0.4, -0.2) is 43.5 Å². The van der Waals surface area contributed by atoms with Crippen molar-refractivity contribution >= 4 is 38.4 Å². The number of likely N-dealkylation sites (tertiary alicyclic amines) is 1. The van der Waals surface area contributed by atoms with Gasteiger partial charge in [-0.2, -0.15) is 5.10 Å². The fourth-order valence-corrected chi connectivity index (χ4v) is 5.89. The van der Waals surface area contributed by atoms with Gasteiger partial charge in [0.05, 0.1) is 4.70 Å². The fraction of sp³-hybridized carbons (Fsp3) is 0.440. The first-order valence-corrected chi connectivity index (χ1v) is 12.1. The number of thiophene rings is 1. The Balaban J connectivity index is 1.34. The van der Waals surface area contributed by atoms with Crippen LogP contribution in [0.15, 0.2) is 36.8 Å². The summed E-state index contributed by atoms with van der Waals surface area (Å²) in [6.07, 6.45) is 7.58. The van der Waals surface area contributed by atoms with E-state index in [9.17, 15) is 9.18 Å². The average molecular weight is 469 g/mol. The number of ether oxygens (including phenoxy) is 1. The molecule has 1 fully saturated rings. The number of piperidine rings is 1. The third kappa shape index (κ3) is 4.24. The van der Waals surface area contributed by atoms with Crippen LogP contribution < -0.4 is 0 Å². The van der Waals surface area contributed by atoms with Crippen LogP contribution in [0.4, 0.5) is 9.18 Å². The molecule has 1 aliphatic heterocycles. The largest absolute Gasteiger partial charge is 0.444 e. The van der Waals surface area contributed by atoms with E-state index in [2.05, 4.69) is 30.5 Å². The van der Waals surface area contributed by atoms with E-state index in [1.54, 1.807) is 23.1 Å². The van der Waals surface area contributed by atoms with Crippen molar-refractivity contribution < 1.29 is 13.9 Å². The molecule has 33 heavy (non-hydrogen) atoms. The molecule has 1 aliphatic rings. The lowest BCUT2D eigenvalue weighted by molar-refractivity contribution is 0.0105. The molecule has 0 aliphatic carbocycles. The minimum atomic E-state index is -0.482. The molecule has 4 heterocycles. The molecule has 174 valence electrons. The molecular weight excluding hydrogens is 439 g/mol. The van der Waals surface area contributed by atoms with E-state index < -0.39 is 5.60 Å². The molecule has 0 N–H and O–H groups in total. The van der Waals surface area contributed by atoms with Crippen molar-refractivity contribution in [1.29, 1.82) is 0 Å². The van der Waals surface area contributed by atoms with Crippen LogP contribution in [0.5, 0.6) is 0 Å². The number of nitrogens with zero attached hydrogens (tertiary/aromatic N) is 4. The molecule has 5 rings (SSSR count). The monoisotopic (exact) mass is 468 g/mol. The highest BCUT2D eigenvalue weighted by Crippen LogP contribution is 2.39. The van der Waals surface area contributed by atoms with Crippen molar-refractivity contribution in [2.45, 2.75) is 58.1 Å². The summed E-state index contributed by atoms with van der Waals surface area (Å²) in [7, 11) is 1.80. The number of hydrogen-bond donors (Lipinski definition) is 0. The van der Waals surface area contributed by atoms with Crippen molar-refractivity contribution in [3.8, 4) is 5.69 Å². The molecule has 2 unspecified atom stereocenters. The fourth-order valence-electron chi connectivity index (χ4n) is 4.67. The standard InChI is InChI=1S/C25H29FN4O2S/c1-15-8-16(6-7-30(15)24(31)32-25(2,3)4)21-10-17-13-29(14-22(17)33-21)19-9-18-12-28(5)27-23(18)20(26)11-19/h9-16H,6-8H2,1-5H3. The number of aryl methyl sites for hydroxylation is 1. The van der Waals surface area contributed by atoms with Gasteiger partial charge in [0.1, 0.15) is 11.1 Å². The molecule has 4 aromatic rings. The van der Waals surface area contributed by atoms with Crippen LogP contribution in [-0.2, 0) is 11.8 Å². The van der Waals surface area contributed by atoms with E-state index >= 15 is 0 Å². The smallest absolute Gasteiger partial charge is 0.410 e. The Bertz CT molecular complexity index is 1310. The highest BCUT2D eigenvalue weighted by molar-refractivity contribution is 7.19. The lowest BCUT2D eigenvalue weighted by Gasteiger charge is -2.38. The topological polar surface area (TPSA) is 52.3 Å². The number of hydrogen-bond acceptors (Lipinski definition) is 4. The van der Waals surface area contributed by atoms with Gasteiger partial charge in [-0.3, -0.25) is 4.68 Å². The molecule has 6 nitrogen and oxygen atoms in total. The quantitative estimate of drug-likeness (QED) is 0.351. The summed E-state index contributed by atoms with van der Waals surface area (Å²) in [6, 6.07) is 5.88. The zero-order chi connectivity index (χ0) is 23.5. The SMILES string of the molecule is CC1CC(c2cc3cn(-c4cc(F)c5nn(C)cc5c4)cc3s2)CCN1C(=O)OC(C)(C)C. The van der Waals surface area contributed by atoms with E-state index in [-0.39, 0.29) is 18.0 Å². The third-order valence-corrected chi connectivity index (χ3v) is 7.46. The van der Waals surface area contributed by atoms with Gasteiger partial charge in [-0.25, -0.2) is 9.18 Å². The first-order valence-electron chi connectivity index (χ1n) is 11.3. The van der Waals surface area contributed by atoms with Gasteiger partial charge in [-0.1, -0.05) is 0 Å². The number of fused-ring (bicyclic) bond motifs is 2. The molecular formula is C25H29FN4O2S. The van der Waals surface area contributed by atoms with Crippen LogP contribution in [0.2, 0.25) is 0 Å². The van der Waals surface area contributed by atoms with Crippen molar-refractivity contribution in [2.75, 3.05) is 6.54 Å². The van der Waals surface area contributed by atoms with Crippen LogP contribution in [0.3, 0.4) is 0 Å². The van der Waals surface area contributed by atoms with Gasteiger partial charge in [0, 0.05) is 65.6 Å². The summed E-state index contributed by atoms with van der Waals surface area (Å²) in [5, 5.41) is 6.13. The summed E-state index contributed by atoms with van der Waals surface area (Å²) < 4.78 is 24.9. The number of carbonyl (C=O) groups excluding carboxylic acids is 1. The van der Waals surface area contributed by atoms with Crippen molar-refractivity contribution in [1.82, 2.24) is 19.2 Å². The van der Waals surface area contributed by atoms with Crippen molar-refractivity contribution in [3.05, 3.63) is 47.5 Å². The van der Waals surface area contributed by atoms with E-state index in [0.29, 0.717) is 18.0 Å². The van der Waals surface area contributed by atoms with E-state index in [0.717, 1.165) is 29.3 Å². The van der Waals surface area contributed by atoms with E-state index in [4.69, 9.17) is 4.74 Å². The average Bonchev–Trinajstić information content (AvgIpc) is 3.38. The summed E-state index contributed by atoms with van der Waals surface area (Å²) in [4.78, 5) is 15.7. The molecule has 1 saturated heterocycles. The molecule has 1 aromatic carbocycles.